The number of nitrogens with one attached hydrogen (secondary N) is 1. The second kappa shape index (κ2) is 9.44. The third-order valence-corrected chi connectivity index (χ3v) is 3.51. The third kappa shape index (κ3) is 6.27. The molecule has 0 bridgehead atoms. The van der Waals surface area contributed by atoms with Crippen LogP contribution in [-0.4, -0.2) is 37.3 Å². The summed E-state index contributed by atoms with van der Waals surface area (Å²) in [6, 6.07) is 13.8. The molecule has 0 aromatic heterocycles. The maximum Gasteiger partial charge on any atom is 0.335 e. The highest BCUT2D eigenvalue weighted by molar-refractivity contribution is 5.87. The van der Waals surface area contributed by atoms with E-state index in [0.717, 1.165) is 16.9 Å². The van der Waals surface area contributed by atoms with Crippen molar-refractivity contribution in [3.05, 3.63) is 65.2 Å². The average molecular weight is 343 g/mol. The Bertz CT molecular complexity index is 712. The fraction of sp³-hybridized carbons (Fsp3) is 0.263. The molecule has 0 radical (unpaired) electrons. The number of aromatic carboxylic acids is 1. The molecule has 0 aliphatic carbocycles. The number of amides is 1. The van der Waals surface area contributed by atoms with Crippen molar-refractivity contribution >= 4 is 11.9 Å². The van der Waals surface area contributed by atoms with Gasteiger partial charge in [0.25, 0.3) is 0 Å². The Hall–Kier alpha value is -2.86. The number of methoxy groups -OCH3 is 1. The standard InChI is InChI=1S/C19H21NO5/c1-24-9-10-25-17-4-2-3-15(11-17)13-20-18(21)12-14-5-7-16(8-6-14)19(22)23/h2-8,11H,9-10,12-13H2,1H3,(H,20,21)(H,22,23). The summed E-state index contributed by atoms with van der Waals surface area (Å²) in [6.07, 6.45) is 0.198. The highest BCUT2D eigenvalue weighted by Gasteiger charge is 2.06. The molecular weight excluding hydrogens is 322 g/mol. The first kappa shape index (κ1) is 18.5. The molecule has 2 rings (SSSR count). The molecule has 0 aliphatic rings. The highest BCUT2D eigenvalue weighted by atomic mass is 16.5. The van der Waals surface area contributed by atoms with Gasteiger partial charge in [-0.1, -0.05) is 24.3 Å². The van der Waals surface area contributed by atoms with Crippen LogP contribution in [0.25, 0.3) is 0 Å². The predicted molar refractivity (Wildman–Crippen MR) is 92.8 cm³/mol. The maximum absolute atomic E-state index is 12.0. The van der Waals surface area contributed by atoms with E-state index < -0.39 is 5.97 Å². The monoisotopic (exact) mass is 343 g/mol. The second-order valence-corrected chi connectivity index (χ2v) is 5.44. The van der Waals surface area contributed by atoms with Crippen molar-refractivity contribution in [3.8, 4) is 5.75 Å². The Morgan fingerprint density at radius 2 is 1.80 bits per heavy atom. The zero-order valence-corrected chi connectivity index (χ0v) is 14.0. The second-order valence-electron chi connectivity index (χ2n) is 5.44. The van der Waals surface area contributed by atoms with Gasteiger partial charge in [-0.25, -0.2) is 4.79 Å². The molecule has 6 nitrogen and oxygen atoms in total. The van der Waals surface area contributed by atoms with Crippen LogP contribution in [0, 0.1) is 0 Å². The van der Waals surface area contributed by atoms with Crippen LogP contribution < -0.4 is 10.1 Å². The lowest BCUT2D eigenvalue weighted by molar-refractivity contribution is -0.120. The Kier molecular flexibility index (Phi) is 6.98. The highest BCUT2D eigenvalue weighted by Crippen LogP contribution is 2.13. The average Bonchev–Trinajstić information content (AvgIpc) is 2.61. The van der Waals surface area contributed by atoms with Gasteiger partial charge in [-0.15, -0.1) is 0 Å². The quantitative estimate of drug-likeness (QED) is 0.682. The molecule has 0 heterocycles. The first-order valence-electron chi connectivity index (χ1n) is 7.88. The van der Waals surface area contributed by atoms with Gasteiger partial charge in [-0.05, 0) is 35.4 Å². The molecule has 25 heavy (non-hydrogen) atoms. The topological polar surface area (TPSA) is 84.9 Å². The Morgan fingerprint density at radius 1 is 1.04 bits per heavy atom. The lowest BCUT2D eigenvalue weighted by Crippen LogP contribution is -2.24. The van der Waals surface area contributed by atoms with Crippen LogP contribution in [0.2, 0.25) is 0 Å². The van der Waals surface area contributed by atoms with Gasteiger partial charge >= 0.3 is 5.97 Å². The zero-order chi connectivity index (χ0) is 18.1. The fourth-order valence-corrected chi connectivity index (χ4v) is 2.20. The number of hydrogen-bond donors (Lipinski definition) is 2. The normalized spacial score (nSPS) is 10.3. The van der Waals surface area contributed by atoms with E-state index in [2.05, 4.69) is 5.32 Å². The summed E-state index contributed by atoms with van der Waals surface area (Å²) >= 11 is 0. The fourth-order valence-electron chi connectivity index (χ4n) is 2.20. The van der Waals surface area contributed by atoms with Gasteiger partial charge in [-0.2, -0.15) is 0 Å². The van der Waals surface area contributed by atoms with Crippen molar-refractivity contribution in [3.63, 3.8) is 0 Å². The van der Waals surface area contributed by atoms with Crippen molar-refractivity contribution in [2.75, 3.05) is 20.3 Å². The van der Waals surface area contributed by atoms with Crippen molar-refractivity contribution < 1.29 is 24.2 Å². The van der Waals surface area contributed by atoms with Crippen LogP contribution in [0.3, 0.4) is 0 Å². The Morgan fingerprint density at radius 3 is 2.48 bits per heavy atom. The molecule has 1 amide bonds. The van der Waals surface area contributed by atoms with Gasteiger partial charge in [0.15, 0.2) is 0 Å². The van der Waals surface area contributed by atoms with Gasteiger partial charge < -0.3 is 19.9 Å². The van der Waals surface area contributed by atoms with Gasteiger partial charge in [0.05, 0.1) is 18.6 Å². The minimum Gasteiger partial charge on any atom is -0.491 e. The molecule has 0 saturated heterocycles. The molecule has 0 aliphatic heterocycles. The molecule has 0 atom stereocenters. The number of carboxylic acid groups (broad SMARTS) is 1. The summed E-state index contributed by atoms with van der Waals surface area (Å²) in [6.45, 7) is 1.38. The van der Waals surface area contributed by atoms with Crippen molar-refractivity contribution in [1.82, 2.24) is 5.32 Å². The van der Waals surface area contributed by atoms with Gasteiger partial charge in [-0.3, -0.25) is 4.79 Å². The number of carboxylic acids is 1. The summed E-state index contributed by atoms with van der Waals surface area (Å²) < 4.78 is 10.5. The lowest BCUT2D eigenvalue weighted by atomic mass is 10.1. The summed E-state index contributed by atoms with van der Waals surface area (Å²) in [5.41, 5.74) is 1.90. The molecule has 0 unspecified atom stereocenters. The first-order chi connectivity index (χ1) is 12.1. The minimum atomic E-state index is -0.983. The van der Waals surface area contributed by atoms with E-state index in [4.69, 9.17) is 14.6 Å². The van der Waals surface area contributed by atoms with Crippen LogP contribution in [0.5, 0.6) is 5.75 Å². The minimum absolute atomic E-state index is 0.131. The SMILES string of the molecule is COCCOc1cccc(CNC(=O)Cc2ccc(C(=O)O)cc2)c1. The van der Waals surface area contributed by atoms with Crippen LogP contribution in [0.4, 0.5) is 0 Å². The first-order valence-corrected chi connectivity index (χ1v) is 7.88. The number of hydrogen-bond acceptors (Lipinski definition) is 4. The molecule has 2 aromatic carbocycles. The molecule has 132 valence electrons. The van der Waals surface area contributed by atoms with E-state index in [-0.39, 0.29) is 17.9 Å². The van der Waals surface area contributed by atoms with Crippen LogP contribution in [0.15, 0.2) is 48.5 Å². The number of benzene rings is 2. The van der Waals surface area contributed by atoms with Crippen LogP contribution in [-0.2, 0) is 22.5 Å². The smallest absolute Gasteiger partial charge is 0.335 e. The van der Waals surface area contributed by atoms with E-state index >= 15 is 0 Å². The largest absolute Gasteiger partial charge is 0.491 e. The van der Waals surface area contributed by atoms with Crippen molar-refractivity contribution in [1.29, 1.82) is 0 Å². The van der Waals surface area contributed by atoms with Gasteiger partial charge in [0.2, 0.25) is 5.91 Å². The van der Waals surface area contributed by atoms with E-state index in [1.165, 1.54) is 12.1 Å². The number of carbonyl (C=O) groups excluding carboxylic acids is 1. The number of ether oxygens (including phenoxy) is 2. The molecule has 6 heteroatoms. The number of rotatable bonds is 9. The van der Waals surface area contributed by atoms with E-state index in [0.29, 0.717) is 19.8 Å². The molecule has 2 aromatic rings. The third-order valence-electron chi connectivity index (χ3n) is 3.51. The van der Waals surface area contributed by atoms with Crippen molar-refractivity contribution in [2.24, 2.45) is 0 Å². The van der Waals surface area contributed by atoms with E-state index in [1.54, 1.807) is 19.2 Å². The zero-order valence-electron chi connectivity index (χ0n) is 14.0. The maximum atomic E-state index is 12.0. The lowest BCUT2D eigenvalue weighted by Gasteiger charge is -2.09. The van der Waals surface area contributed by atoms with Crippen molar-refractivity contribution in [2.45, 2.75) is 13.0 Å². The van der Waals surface area contributed by atoms with E-state index in [1.807, 2.05) is 24.3 Å². The molecular formula is C19H21NO5. The predicted octanol–water partition coefficient (Wildman–Crippen LogP) is 2.27. The Labute approximate surface area is 146 Å². The summed E-state index contributed by atoms with van der Waals surface area (Å²) in [7, 11) is 1.62. The molecule has 0 fully saturated rings. The summed E-state index contributed by atoms with van der Waals surface area (Å²) in [5, 5.41) is 11.7. The molecule has 2 N–H and O–H groups in total. The Balaban J connectivity index is 1.83. The van der Waals surface area contributed by atoms with Crippen LogP contribution in [0.1, 0.15) is 21.5 Å². The van der Waals surface area contributed by atoms with E-state index in [9.17, 15) is 9.59 Å². The summed E-state index contributed by atoms with van der Waals surface area (Å²) in [4.78, 5) is 22.8. The molecule has 0 spiro atoms. The van der Waals surface area contributed by atoms with Gasteiger partial charge in [0, 0.05) is 13.7 Å². The number of carbonyl (C=O) groups is 2. The summed E-state index contributed by atoms with van der Waals surface area (Å²) in [5.74, 6) is -0.384. The molecule has 0 saturated carbocycles. The van der Waals surface area contributed by atoms with Crippen LogP contribution >= 0.6 is 0 Å². The van der Waals surface area contributed by atoms with Gasteiger partial charge in [0.1, 0.15) is 12.4 Å².